The molecule has 0 bridgehead atoms. The number of hydrogen-bond acceptors (Lipinski definition) is 2. The van der Waals surface area contributed by atoms with E-state index in [1.165, 1.54) is 6.07 Å². The predicted molar refractivity (Wildman–Crippen MR) is 72.3 cm³/mol. The summed E-state index contributed by atoms with van der Waals surface area (Å²) in [5.74, 6) is 0.0135. The number of hydrogen-bond donors (Lipinski definition) is 1. The molecule has 0 aliphatic heterocycles. The first-order valence-electron chi connectivity index (χ1n) is 6.69. The Bertz CT molecular complexity index is 667. The normalized spacial score (nSPS) is 15.8. The van der Waals surface area contributed by atoms with Crippen molar-refractivity contribution in [2.75, 3.05) is 0 Å². The number of aliphatic hydroxyl groups excluding tert-OH is 1. The third-order valence-electron chi connectivity index (χ3n) is 3.72. The highest BCUT2D eigenvalue weighted by Gasteiger charge is 2.31. The van der Waals surface area contributed by atoms with E-state index in [0.29, 0.717) is 23.6 Å². The van der Waals surface area contributed by atoms with Gasteiger partial charge >= 0.3 is 0 Å². The quantitative estimate of drug-likeness (QED) is 0.928. The summed E-state index contributed by atoms with van der Waals surface area (Å²) in [6, 6.07) is 8.29. The minimum absolute atomic E-state index is 0.323. The van der Waals surface area contributed by atoms with Gasteiger partial charge in [0.25, 0.3) is 0 Å². The van der Waals surface area contributed by atoms with Gasteiger partial charge < -0.3 is 9.67 Å². The zero-order valence-corrected chi connectivity index (χ0v) is 11.0. The monoisotopic (exact) mass is 270 g/mol. The average Bonchev–Trinajstić information content (AvgIpc) is 3.20. The van der Waals surface area contributed by atoms with Crippen molar-refractivity contribution in [3.63, 3.8) is 0 Å². The molecule has 0 amide bonds. The van der Waals surface area contributed by atoms with Gasteiger partial charge in [0.15, 0.2) is 0 Å². The molecule has 1 unspecified atom stereocenters. The fraction of sp³-hybridized carbons (Fsp3) is 0.312. The third-order valence-corrected chi connectivity index (χ3v) is 3.72. The van der Waals surface area contributed by atoms with Crippen LogP contribution in [0.1, 0.15) is 35.6 Å². The summed E-state index contributed by atoms with van der Waals surface area (Å²) in [6.45, 7) is 0.398. The molecular formula is C16H15FN2O. The molecule has 1 atom stereocenters. The number of nitrogens with zero attached hydrogens (tertiary/aromatic N) is 2. The highest BCUT2D eigenvalue weighted by molar-refractivity contribution is 5.33. The van der Waals surface area contributed by atoms with Crippen molar-refractivity contribution in [1.82, 2.24) is 4.57 Å². The second-order valence-corrected chi connectivity index (χ2v) is 5.32. The van der Waals surface area contributed by atoms with E-state index in [0.717, 1.165) is 18.4 Å². The molecule has 3 rings (SSSR count). The summed E-state index contributed by atoms with van der Waals surface area (Å²) in [4.78, 5) is 0. The van der Waals surface area contributed by atoms with E-state index in [1.54, 1.807) is 12.1 Å². The van der Waals surface area contributed by atoms with Gasteiger partial charge in [-0.2, -0.15) is 5.26 Å². The Morgan fingerprint density at radius 3 is 2.85 bits per heavy atom. The van der Waals surface area contributed by atoms with Gasteiger partial charge in [-0.05, 0) is 42.5 Å². The molecular weight excluding hydrogens is 255 g/mol. The van der Waals surface area contributed by atoms with E-state index in [1.807, 2.05) is 29.1 Å². The first-order chi connectivity index (χ1) is 9.67. The van der Waals surface area contributed by atoms with Gasteiger partial charge in [-0.25, -0.2) is 4.39 Å². The van der Waals surface area contributed by atoms with E-state index in [-0.39, 0.29) is 5.82 Å². The molecule has 0 spiro atoms. The molecule has 1 aliphatic carbocycles. The molecule has 1 aromatic heterocycles. The fourth-order valence-corrected chi connectivity index (χ4v) is 2.36. The van der Waals surface area contributed by atoms with Crippen molar-refractivity contribution in [3.8, 4) is 6.07 Å². The van der Waals surface area contributed by atoms with E-state index in [4.69, 9.17) is 5.26 Å². The van der Waals surface area contributed by atoms with E-state index in [9.17, 15) is 9.50 Å². The lowest BCUT2D eigenvalue weighted by Crippen LogP contribution is -2.01. The number of halogens is 1. The molecule has 0 saturated heterocycles. The fourth-order valence-electron chi connectivity index (χ4n) is 2.36. The van der Waals surface area contributed by atoms with Crippen LogP contribution in [0.4, 0.5) is 4.39 Å². The minimum atomic E-state index is -0.401. The van der Waals surface area contributed by atoms with Crippen LogP contribution in [-0.2, 0) is 6.54 Å². The van der Waals surface area contributed by atoms with Gasteiger partial charge in [0.05, 0.1) is 17.7 Å². The predicted octanol–water partition coefficient (Wildman–Crippen LogP) is 2.99. The third kappa shape index (κ3) is 2.59. The first kappa shape index (κ1) is 12.9. The van der Waals surface area contributed by atoms with Crippen molar-refractivity contribution in [2.24, 2.45) is 5.92 Å². The highest BCUT2D eigenvalue weighted by atomic mass is 19.1. The standard InChI is InChI=1S/C16H15FN2O/c17-15-7-11(8-18)1-2-13(15)9-19-6-5-14(10-19)16(20)12-3-4-12/h1-2,5-7,10,12,16,20H,3-4,9H2. The van der Waals surface area contributed by atoms with Gasteiger partial charge in [-0.3, -0.25) is 0 Å². The van der Waals surface area contributed by atoms with Crippen LogP contribution < -0.4 is 0 Å². The molecule has 2 aromatic rings. The van der Waals surface area contributed by atoms with Crippen LogP contribution in [0.3, 0.4) is 0 Å². The average molecular weight is 270 g/mol. The Balaban J connectivity index is 1.76. The molecule has 0 radical (unpaired) electrons. The van der Waals surface area contributed by atoms with Crippen LogP contribution in [0, 0.1) is 23.1 Å². The largest absolute Gasteiger partial charge is 0.388 e. The van der Waals surface area contributed by atoms with E-state index in [2.05, 4.69) is 0 Å². The Morgan fingerprint density at radius 1 is 1.40 bits per heavy atom. The van der Waals surface area contributed by atoms with Crippen LogP contribution in [0.15, 0.2) is 36.7 Å². The SMILES string of the molecule is N#Cc1ccc(Cn2ccc(C(O)C3CC3)c2)c(F)c1. The summed E-state index contributed by atoms with van der Waals surface area (Å²) in [6.07, 6.45) is 5.47. The van der Waals surface area contributed by atoms with Crippen LogP contribution in [0.5, 0.6) is 0 Å². The molecule has 1 heterocycles. The zero-order valence-electron chi connectivity index (χ0n) is 11.0. The molecule has 1 aliphatic rings. The number of aliphatic hydroxyl groups is 1. The number of nitriles is 1. The Hall–Kier alpha value is -2.12. The second kappa shape index (κ2) is 5.10. The molecule has 1 aromatic carbocycles. The van der Waals surface area contributed by atoms with E-state index < -0.39 is 6.10 Å². The molecule has 1 saturated carbocycles. The maximum atomic E-state index is 13.8. The lowest BCUT2D eigenvalue weighted by Gasteiger charge is -2.07. The van der Waals surface area contributed by atoms with Crippen LogP contribution in [0.25, 0.3) is 0 Å². The van der Waals surface area contributed by atoms with Gasteiger partial charge in [0.2, 0.25) is 0 Å². The lowest BCUT2D eigenvalue weighted by molar-refractivity contribution is 0.154. The van der Waals surface area contributed by atoms with Crippen molar-refractivity contribution >= 4 is 0 Å². The second-order valence-electron chi connectivity index (χ2n) is 5.32. The molecule has 1 fully saturated rings. The van der Waals surface area contributed by atoms with Crippen molar-refractivity contribution in [2.45, 2.75) is 25.5 Å². The highest BCUT2D eigenvalue weighted by Crippen LogP contribution is 2.40. The molecule has 3 nitrogen and oxygen atoms in total. The summed E-state index contributed by atoms with van der Waals surface area (Å²) >= 11 is 0. The number of rotatable bonds is 4. The van der Waals surface area contributed by atoms with Gasteiger partial charge in [-0.1, -0.05) is 6.07 Å². The topological polar surface area (TPSA) is 49.0 Å². The van der Waals surface area contributed by atoms with E-state index >= 15 is 0 Å². The zero-order chi connectivity index (χ0) is 14.1. The Labute approximate surface area is 116 Å². The summed E-state index contributed by atoms with van der Waals surface area (Å²) in [5.41, 5.74) is 1.75. The van der Waals surface area contributed by atoms with Gasteiger partial charge in [-0.15, -0.1) is 0 Å². The van der Waals surface area contributed by atoms with Crippen molar-refractivity contribution in [1.29, 1.82) is 5.26 Å². The molecule has 4 heteroatoms. The maximum absolute atomic E-state index is 13.8. The lowest BCUT2D eigenvalue weighted by atomic mass is 10.1. The number of aromatic nitrogens is 1. The van der Waals surface area contributed by atoms with Gasteiger partial charge in [0, 0.05) is 24.5 Å². The summed E-state index contributed by atoms with van der Waals surface area (Å²) < 4.78 is 15.7. The van der Waals surface area contributed by atoms with Gasteiger partial charge in [0.1, 0.15) is 5.82 Å². The smallest absolute Gasteiger partial charge is 0.129 e. The van der Waals surface area contributed by atoms with Crippen LogP contribution in [0.2, 0.25) is 0 Å². The first-order valence-corrected chi connectivity index (χ1v) is 6.69. The van der Waals surface area contributed by atoms with Crippen molar-refractivity contribution in [3.05, 3.63) is 59.2 Å². The molecule has 1 N–H and O–H groups in total. The summed E-state index contributed by atoms with van der Waals surface area (Å²) in [7, 11) is 0. The minimum Gasteiger partial charge on any atom is -0.388 e. The maximum Gasteiger partial charge on any atom is 0.129 e. The molecule has 102 valence electrons. The molecule has 20 heavy (non-hydrogen) atoms. The van der Waals surface area contributed by atoms with Crippen molar-refractivity contribution < 1.29 is 9.50 Å². The summed E-state index contributed by atoms with van der Waals surface area (Å²) in [5, 5.41) is 18.8. The number of benzene rings is 1. The Kier molecular flexibility index (Phi) is 3.29. The van der Waals surface area contributed by atoms with Crippen LogP contribution in [-0.4, -0.2) is 9.67 Å². The van der Waals surface area contributed by atoms with Crippen LogP contribution >= 0.6 is 0 Å². The Morgan fingerprint density at radius 2 is 2.20 bits per heavy atom.